The highest BCUT2D eigenvalue weighted by molar-refractivity contribution is 5.83. The molecule has 1 spiro atoms. The molecule has 132 valence electrons. The monoisotopic (exact) mass is 326 g/mol. The largest absolute Gasteiger partial charge is 0.444 e. The molecule has 1 saturated heterocycles. The number of aliphatic hydroxyl groups is 1. The summed E-state index contributed by atoms with van der Waals surface area (Å²) >= 11 is 0. The molecule has 0 aromatic heterocycles. The standard InChI is InChI=1S/C17H30N2O4/c1-12(6-9-20)18-14(21)13-10-17(13)7-5-8-19(11-17)15(22)23-16(2,3)4/h12-13,20H,5-11H2,1-4H3,(H,18,21). The molecule has 2 rings (SSSR count). The Morgan fingerprint density at radius 3 is 2.74 bits per heavy atom. The van der Waals surface area contributed by atoms with Crippen molar-refractivity contribution in [1.82, 2.24) is 10.2 Å². The molecule has 1 aliphatic heterocycles. The number of hydrogen-bond donors (Lipinski definition) is 2. The highest BCUT2D eigenvalue weighted by atomic mass is 16.6. The third kappa shape index (κ3) is 4.59. The number of aliphatic hydroxyl groups excluding tert-OH is 1. The second-order valence-electron chi connectivity index (χ2n) is 8.05. The molecule has 0 bridgehead atoms. The van der Waals surface area contributed by atoms with Crippen molar-refractivity contribution in [2.24, 2.45) is 11.3 Å². The van der Waals surface area contributed by atoms with Gasteiger partial charge in [0.05, 0.1) is 0 Å². The van der Waals surface area contributed by atoms with E-state index in [2.05, 4.69) is 5.32 Å². The molecule has 3 unspecified atom stereocenters. The molecule has 0 radical (unpaired) electrons. The van der Waals surface area contributed by atoms with E-state index in [-0.39, 0.29) is 36.0 Å². The second kappa shape index (κ2) is 6.67. The summed E-state index contributed by atoms with van der Waals surface area (Å²) in [5, 5.41) is 11.9. The number of amides is 2. The van der Waals surface area contributed by atoms with Crippen LogP contribution < -0.4 is 5.32 Å². The average molecular weight is 326 g/mol. The van der Waals surface area contributed by atoms with Crippen molar-refractivity contribution >= 4 is 12.0 Å². The third-order valence-corrected chi connectivity index (χ3v) is 4.72. The zero-order chi connectivity index (χ0) is 17.3. The number of hydrogen-bond acceptors (Lipinski definition) is 4. The topological polar surface area (TPSA) is 78.9 Å². The summed E-state index contributed by atoms with van der Waals surface area (Å²) in [5.41, 5.74) is -0.570. The van der Waals surface area contributed by atoms with Crippen molar-refractivity contribution in [3.05, 3.63) is 0 Å². The minimum Gasteiger partial charge on any atom is -0.444 e. The third-order valence-electron chi connectivity index (χ3n) is 4.72. The maximum Gasteiger partial charge on any atom is 0.410 e. The van der Waals surface area contributed by atoms with E-state index in [4.69, 9.17) is 9.84 Å². The first-order chi connectivity index (χ1) is 10.7. The summed E-state index contributed by atoms with van der Waals surface area (Å²) < 4.78 is 5.45. The van der Waals surface area contributed by atoms with Gasteiger partial charge in [0, 0.05) is 37.1 Å². The molecule has 2 N–H and O–H groups in total. The van der Waals surface area contributed by atoms with Gasteiger partial charge in [-0.3, -0.25) is 4.79 Å². The van der Waals surface area contributed by atoms with Gasteiger partial charge in [-0.1, -0.05) is 0 Å². The number of carbonyl (C=O) groups is 2. The van der Waals surface area contributed by atoms with Crippen LogP contribution in [0.4, 0.5) is 4.79 Å². The van der Waals surface area contributed by atoms with Crippen LogP contribution in [0.3, 0.4) is 0 Å². The normalized spacial score (nSPS) is 28.4. The number of carbonyl (C=O) groups excluding carboxylic acids is 2. The van der Waals surface area contributed by atoms with Crippen molar-refractivity contribution in [3.8, 4) is 0 Å². The van der Waals surface area contributed by atoms with Crippen molar-refractivity contribution in [2.45, 2.75) is 65.0 Å². The van der Waals surface area contributed by atoms with Crippen LogP contribution in [-0.4, -0.2) is 53.3 Å². The quantitative estimate of drug-likeness (QED) is 0.827. The smallest absolute Gasteiger partial charge is 0.410 e. The van der Waals surface area contributed by atoms with Crippen LogP contribution in [0.15, 0.2) is 0 Å². The Hall–Kier alpha value is -1.30. The second-order valence-corrected chi connectivity index (χ2v) is 8.05. The van der Waals surface area contributed by atoms with Crippen LogP contribution in [0.25, 0.3) is 0 Å². The van der Waals surface area contributed by atoms with Crippen LogP contribution in [0, 0.1) is 11.3 Å². The molecule has 0 aromatic carbocycles. The average Bonchev–Trinajstić information content (AvgIpc) is 3.10. The molecule has 6 nitrogen and oxygen atoms in total. The molecule has 23 heavy (non-hydrogen) atoms. The fourth-order valence-electron chi connectivity index (χ4n) is 3.42. The molecule has 1 aliphatic carbocycles. The highest BCUT2D eigenvalue weighted by Crippen LogP contribution is 2.58. The molecule has 2 amide bonds. The SMILES string of the molecule is CC(CCO)NC(=O)C1CC12CCCN(C(=O)OC(C)(C)C)C2. The Morgan fingerprint density at radius 2 is 2.13 bits per heavy atom. The molecular weight excluding hydrogens is 296 g/mol. The van der Waals surface area contributed by atoms with Crippen LogP contribution in [0.2, 0.25) is 0 Å². The Morgan fingerprint density at radius 1 is 1.43 bits per heavy atom. The lowest BCUT2D eigenvalue weighted by molar-refractivity contribution is -0.124. The van der Waals surface area contributed by atoms with E-state index < -0.39 is 5.60 Å². The Bertz CT molecular complexity index is 460. The fraction of sp³-hybridized carbons (Fsp3) is 0.882. The van der Waals surface area contributed by atoms with Gasteiger partial charge < -0.3 is 20.1 Å². The van der Waals surface area contributed by atoms with Gasteiger partial charge in [0.15, 0.2) is 0 Å². The first-order valence-electron chi connectivity index (χ1n) is 8.56. The minimum absolute atomic E-state index is 0.0179. The first kappa shape index (κ1) is 18.0. The van der Waals surface area contributed by atoms with E-state index in [1.165, 1.54) is 0 Å². The van der Waals surface area contributed by atoms with Gasteiger partial charge in [-0.05, 0) is 53.4 Å². The highest BCUT2D eigenvalue weighted by Gasteiger charge is 2.60. The van der Waals surface area contributed by atoms with Gasteiger partial charge in [-0.15, -0.1) is 0 Å². The van der Waals surface area contributed by atoms with Gasteiger partial charge in [0.2, 0.25) is 5.91 Å². The molecule has 2 aliphatic rings. The van der Waals surface area contributed by atoms with Crippen LogP contribution in [-0.2, 0) is 9.53 Å². The van der Waals surface area contributed by atoms with Crippen molar-refractivity contribution in [2.75, 3.05) is 19.7 Å². The zero-order valence-corrected chi connectivity index (χ0v) is 14.7. The van der Waals surface area contributed by atoms with E-state index in [9.17, 15) is 9.59 Å². The lowest BCUT2D eigenvalue weighted by atomic mass is 9.92. The molecule has 2 fully saturated rings. The number of rotatable bonds is 4. The van der Waals surface area contributed by atoms with E-state index in [0.29, 0.717) is 19.5 Å². The van der Waals surface area contributed by atoms with Crippen LogP contribution >= 0.6 is 0 Å². The minimum atomic E-state index is -0.498. The molecule has 0 aromatic rings. The predicted molar refractivity (Wildman–Crippen MR) is 86.9 cm³/mol. The maximum atomic E-state index is 12.3. The van der Waals surface area contributed by atoms with Crippen molar-refractivity contribution in [3.63, 3.8) is 0 Å². The molecule has 6 heteroatoms. The number of likely N-dealkylation sites (tertiary alicyclic amines) is 1. The Kier molecular flexibility index (Phi) is 5.23. The molecule has 3 atom stereocenters. The fourth-order valence-corrected chi connectivity index (χ4v) is 3.42. The number of ether oxygens (including phenoxy) is 1. The summed E-state index contributed by atoms with van der Waals surface area (Å²) in [5.74, 6) is 0.0332. The van der Waals surface area contributed by atoms with Gasteiger partial charge in [-0.25, -0.2) is 4.79 Å². The van der Waals surface area contributed by atoms with Crippen LogP contribution in [0.1, 0.15) is 53.4 Å². The van der Waals surface area contributed by atoms with Gasteiger partial charge in [0.25, 0.3) is 0 Å². The van der Waals surface area contributed by atoms with Crippen molar-refractivity contribution < 1.29 is 19.4 Å². The van der Waals surface area contributed by atoms with Crippen molar-refractivity contribution in [1.29, 1.82) is 0 Å². The predicted octanol–water partition coefficient (Wildman–Crippen LogP) is 1.91. The lowest BCUT2D eigenvalue weighted by Crippen LogP contribution is -2.45. The first-order valence-corrected chi connectivity index (χ1v) is 8.56. The zero-order valence-electron chi connectivity index (χ0n) is 14.7. The van der Waals surface area contributed by atoms with E-state index in [1.54, 1.807) is 4.90 Å². The number of piperidine rings is 1. The summed E-state index contributed by atoms with van der Waals surface area (Å²) in [7, 11) is 0. The van der Waals surface area contributed by atoms with Gasteiger partial charge in [0.1, 0.15) is 5.60 Å². The number of nitrogens with zero attached hydrogens (tertiary/aromatic N) is 1. The Labute approximate surface area is 138 Å². The summed E-state index contributed by atoms with van der Waals surface area (Å²) in [6.07, 6.45) is 3.02. The van der Waals surface area contributed by atoms with E-state index in [1.807, 2.05) is 27.7 Å². The molecule has 1 heterocycles. The summed E-state index contributed by atoms with van der Waals surface area (Å²) in [6.45, 7) is 8.86. The maximum absolute atomic E-state index is 12.3. The van der Waals surface area contributed by atoms with Gasteiger partial charge in [-0.2, -0.15) is 0 Å². The summed E-state index contributed by atoms with van der Waals surface area (Å²) in [6, 6.07) is -0.0179. The molecular formula is C17H30N2O4. The lowest BCUT2D eigenvalue weighted by Gasteiger charge is -2.35. The number of nitrogens with one attached hydrogen (secondary N) is 1. The van der Waals surface area contributed by atoms with Gasteiger partial charge >= 0.3 is 6.09 Å². The van der Waals surface area contributed by atoms with E-state index >= 15 is 0 Å². The Balaban J connectivity index is 1.89. The van der Waals surface area contributed by atoms with E-state index in [0.717, 1.165) is 19.3 Å². The molecule has 1 saturated carbocycles. The summed E-state index contributed by atoms with van der Waals surface area (Å²) in [4.78, 5) is 26.3. The van der Waals surface area contributed by atoms with Crippen LogP contribution in [0.5, 0.6) is 0 Å².